The molecule has 8 heteroatoms. The van der Waals surface area contributed by atoms with Crippen LogP contribution >= 0.6 is 0 Å². The van der Waals surface area contributed by atoms with Crippen LogP contribution in [0.25, 0.3) is 0 Å². The maximum Gasteiger partial charge on any atom is 0.303 e. The van der Waals surface area contributed by atoms with Crippen molar-refractivity contribution < 1.29 is 28.9 Å². The van der Waals surface area contributed by atoms with Gasteiger partial charge in [-0.25, -0.2) is 0 Å². The molecule has 1 amide bonds. The fourth-order valence-corrected chi connectivity index (χ4v) is 5.31. The Balaban J connectivity index is 1.08. The van der Waals surface area contributed by atoms with Crippen LogP contribution < -0.4 is 10.6 Å². The lowest BCUT2D eigenvalue weighted by atomic mass is 9.77. The lowest BCUT2D eigenvalue weighted by Crippen LogP contribution is -2.43. The summed E-state index contributed by atoms with van der Waals surface area (Å²) in [6.07, 6.45) is 17.6. The van der Waals surface area contributed by atoms with Gasteiger partial charge in [-0.3, -0.25) is 9.59 Å². The largest absolute Gasteiger partial charge is 0.494 e. The first-order valence-corrected chi connectivity index (χ1v) is 12.8. The first kappa shape index (κ1) is 24.9. The molecule has 0 aromatic rings. The van der Waals surface area contributed by atoms with Gasteiger partial charge in [-0.2, -0.15) is 0 Å². The Hall–Kier alpha value is -2.16. The van der Waals surface area contributed by atoms with Crippen molar-refractivity contribution in [1.82, 2.24) is 10.6 Å². The smallest absolute Gasteiger partial charge is 0.303 e. The summed E-state index contributed by atoms with van der Waals surface area (Å²) in [5, 5.41) is 15.1. The molecule has 0 aliphatic carbocycles. The average Bonchev–Trinajstić information content (AvgIpc) is 3.46. The Kier molecular flexibility index (Phi) is 9.18. The van der Waals surface area contributed by atoms with Gasteiger partial charge in [0.2, 0.25) is 5.91 Å². The Morgan fingerprint density at radius 2 is 1.85 bits per heavy atom. The van der Waals surface area contributed by atoms with E-state index in [1.165, 1.54) is 0 Å². The number of nitrogens with one attached hydrogen (secondary N) is 2. The van der Waals surface area contributed by atoms with Crippen molar-refractivity contribution in [3.8, 4) is 0 Å². The van der Waals surface area contributed by atoms with Crippen molar-refractivity contribution >= 4 is 11.9 Å². The molecule has 3 N–H and O–H groups in total. The van der Waals surface area contributed by atoms with E-state index >= 15 is 0 Å². The number of rotatable bonds is 16. The van der Waals surface area contributed by atoms with Gasteiger partial charge in [-0.1, -0.05) is 24.6 Å². The molecule has 3 fully saturated rings. The van der Waals surface area contributed by atoms with E-state index in [0.29, 0.717) is 32.0 Å². The minimum absolute atomic E-state index is 0.0200. The van der Waals surface area contributed by atoms with E-state index in [9.17, 15) is 9.59 Å². The second kappa shape index (κ2) is 12.5. The highest BCUT2D eigenvalue weighted by Gasteiger charge is 2.68. The second-order valence-electron chi connectivity index (χ2n) is 9.62. The van der Waals surface area contributed by atoms with Crippen molar-refractivity contribution in [3.05, 3.63) is 36.1 Å². The molecule has 0 unspecified atom stereocenters. The minimum Gasteiger partial charge on any atom is -0.494 e. The fraction of sp³-hybridized carbons (Fsp3) is 0.692. The molecule has 2 bridgehead atoms. The summed E-state index contributed by atoms with van der Waals surface area (Å²) in [4.78, 5) is 23.0. The summed E-state index contributed by atoms with van der Waals surface area (Å²) in [5.41, 5.74) is 0. The molecule has 4 heterocycles. The molecule has 0 spiro atoms. The van der Waals surface area contributed by atoms with Crippen LogP contribution in [0.5, 0.6) is 0 Å². The van der Waals surface area contributed by atoms with Gasteiger partial charge >= 0.3 is 5.97 Å². The molecular weight excluding hydrogens is 436 g/mol. The van der Waals surface area contributed by atoms with Gasteiger partial charge in [0.15, 0.2) is 0 Å². The van der Waals surface area contributed by atoms with E-state index in [0.717, 1.165) is 50.8 Å². The number of amides is 1. The predicted molar refractivity (Wildman–Crippen MR) is 127 cm³/mol. The SMILES string of the molecule is O=C(O)CCC/C=C\C[C@H]1[C@@H](CNC(=O)CNCCCCCC2=CC=CCO2)[C@@H]2O[C@H]1[C@@H]1O[C@@H]12. The lowest BCUT2D eigenvalue weighted by molar-refractivity contribution is -0.137. The van der Waals surface area contributed by atoms with Crippen molar-refractivity contribution in [2.45, 2.75) is 75.8 Å². The average molecular weight is 475 g/mol. The number of carbonyl (C=O) groups is 2. The number of carbonyl (C=O) groups excluding carboxylic acids is 1. The fourth-order valence-electron chi connectivity index (χ4n) is 5.31. The number of carboxylic acids is 1. The molecule has 8 nitrogen and oxygen atoms in total. The predicted octanol–water partition coefficient (Wildman–Crippen LogP) is 2.70. The lowest BCUT2D eigenvalue weighted by Gasteiger charge is -2.25. The van der Waals surface area contributed by atoms with E-state index in [4.69, 9.17) is 19.3 Å². The van der Waals surface area contributed by atoms with Gasteiger partial charge in [-0.15, -0.1) is 0 Å². The minimum atomic E-state index is -0.752. The summed E-state index contributed by atoms with van der Waals surface area (Å²) in [6, 6.07) is 0. The van der Waals surface area contributed by atoms with Crippen LogP contribution in [0.3, 0.4) is 0 Å². The molecule has 0 aromatic carbocycles. The van der Waals surface area contributed by atoms with Crippen LogP contribution in [0.2, 0.25) is 0 Å². The zero-order valence-corrected chi connectivity index (χ0v) is 19.8. The Bertz CT molecular complexity index is 794. The Morgan fingerprint density at radius 1 is 1.03 bits per heavy atom. The van der Waals surface area contributed by atoms with Crippen LogP contribution in [0, 0.1) is 11.8 Å². The normalized spacial score (nSPS) is 30.8. The molecule has 4 aliphatic heterocycles. The molecule has 3 saturated heterocycles. The van der Waals surface area contributed by atoms with Gasteiger partial charge in [0.25, 0.3) is 0 Å². The van der Waals surface area contributed by atoms with Crippen molar-refractivity contribution in [1.29, 1.82) is 0 Å². The summed E-state index contributed by atoms with van der Waals surface area (Å²) in [5.74, 6) is 0.919. The number of hydrogen-bond acceptors (Lipinski definition) is 6. The molecule has 6 atom stereocenters. The molecule has 4 aliphatic rings. The zero-order chi connectivity index (χ0) is 23.8. The highest BCUT2D eigenvalue weighted by atomic mass is 16.7. The first-order chi connectivity index (χ1) is 16.6. The van der Waals surface area contributed by atoms with E-state index in [1.807, 2.05) is 18.2 Å². The monoisotopic (exact) mass is 474 g/mol. The molecule has 188 valence electrons. The van der Waals surface area contributed by atoms with Crippen molar-refractivity contribution in [3.63, 3.8) is 0 Å². The van der Waals surface area contributed by atoms with Gasteiger partial charge in [0.05, 0.1) is 24.5 Å². The summed E-state index contributed by atoms with van der Waals surface area (Å²) in [7, 11) is 0. The van der Waals surface area contributed by atoms with Crippen LogP contribution in [-0.2, 0) is 23.8 Å². The number of unbranched alkanes of at least 4 members (excludes halogenated alkanes) is 3. The van der Waals surface area contributed by atoms with Gasteiger partial charge in [0.1, 0.15) is 18.8 Å². The maximum atomic E-state index is 12.3. The number of ether oxygens (including phenoxy) is 3. The number of aliphatic carboxylic acids is 1. The van der Waals surface area contributed by atoms with Crippen LogP contribution in [-0.4, -0.2) is 67.6 Å². The highest BCUT2D eigenvalue weighted by Crippen LogP contribution is 2.54. The number of fused-ring (bicyclic) bond motifs is 5. The van der Waals surface area contributed by atoms with E-state index in [-0.39, 0.29) is 42.7 Å². The quantitative estimate of drug-likeness (QED) is 0.179. The van der Waals surface area contributed by atoms with Crippen molar-refractivity contribution in [2.75, 3.05) is 26.2 Å². The van der Waals surface area contributed by atoms with Crippen molar-refractivity contribution in [2.24, 2.45) is 11.8 Å². The topological polar surface area (TPSA) is 109 Å². The Labute approximate surface area is 201 Å². The number of allylic oxidation sites excluding steroid dienone is 5. The molecule has 0 aromatic heterocycles. The molecule has 0 radical (unpaired) electrons. The Morgan fingerprint density at radius 3 is 2.65 bits per heavy atom. The van der Waals surface area contributed by atoms with Gasteiger partial charge in [-0.05, 0) is 56.7 Å². The van der Waals surface area contributed by atoms with E-state index in [1.54, 1.807) is 0 Å². The second-order valence-corrected chi connectivity index (χ2v) is 9.62. The third-order valence-electron chi connectivity index (χ3n) is 7.13. The summed E-state index contributed by atoms with van der Waals surface area (Å²) < 4.78 is 17.5. The standard InChI is InChI=1S/C26H38N2O6/c29-21(17-27-14-8-3-4-10-18-11-7-9-15-32-18)28-16-20-19(12-5-1-2-6-13-22(30)31)23-25-26(34-25)24(20)33-23/h1,5,7,9,11,19-20,23-27H,2-4,6,8,10,12-17H2,(H,28,29)(H,30,31)/b5-1-/t19-,20+,23+,24-,25-,26+/m0/s1. The molecule has 0 saturated carbocycles. The zero-order valence-electron chi connectivity index (χ0n) is 19.8. The summed E-state index contributed by atoms with van der Waals surface area (Å²) >= 11 is 0. The number of carboxylic acid groups (broad SMARTS) is 1. The molecule has 4 rings (SSSR count). The van der Waals surface area contributed by atoms with Gasteiger partial charge in [0, 0.05) is 25.3 Å². The maximum absolute atomic E-state index is 12.3. The van der Waals surface area contributed by atoms with Crippen LogP contribution in [0.4, 0.5) is 0 Å². The summed E-state index contributed by atoms with van der Waals surface area (Å²) in [6.45, 7) is 2.45. The van der Waals surface area contributed by atoms with Gasteiger partial charge < -0.3 is 30.0 Å². The van der Waals surface area contributed by atoms with E-state index in [2.05, 4.69) is 22.8 Å². The third-order valence-corrected chi connectivity index (χ3v) is 7.13. The van der Waals surface area contributed by atoms with Crippen LogP contribution in [0.1, 0.15) is 51.4 Å². The number of hydrogen-bond donors (Lipinski definition) is 3. The third kappa shape index (κ3) is 6.93. The first-order valence-electron chi connectivity index (χ1n) is 12.8. The molecular formula is C26H38N2O6. The molecule has 34 heavy (non-hydrogen) atoms. The highest BCUT2D eigenvalue weighted by molar-refractivity contribution is 5.78. The number of epoxide rings is 1. The van der Waals surface area contributed by atoms with Crippen LogP contribution in [0.15, 0.2) is 36.1 Å². The van der Waals surface area contributed by atoms with E-state index < -0.39 is 5.97 Å².